The van der Waals surface area contributed by atoms with Gasteiger partial charge >= 0.3 is 5.97 Å². The van der Waals surface area contributed by atoms with E-state index in [1.807, 2.05) is 51.1 Å². The molecule has 1 rings (SSSR count). The number of carbonyl (C=O) groups excluding carboxylic acids is 2. The lowest BCUT2D eigenvalue weighted by atomic mass is 10.0. The predicted octanol–water partition coefficient (Wildman–Crippen LogP) is 7.18. The van der Waals surface area contributed by atoms with Gasteiger partial charge in [0.1, 0.15) is 17.8 Å². The molecular weight excluding hydrogens is 388 g/mol. The first kappa shape index (κ1) is 27.4. The molecule has 0 bridgehead atoms. The van der Waals surface area contributed by atoms with Crippen LogP contribution in [0.25, 0.3) is 0 Å². The number of carbonyl (C=O) groups is 2. The third-order valence-corrected chi connectivity index (χ3v) is 5.18. The molecule has 0 aliphatic rings. The molecule has 1 atom stereocenters. The van der Waals surface area contributed by atoms with Gasteiger partial charge in [-0.2, -0.15) is 0 Å². The minimum absolute atomic E-state index is 0.108. The molecule has 0 radical (unpaired) electrons. The molecule has 0 heterocycles. The Morgan fingerprint density at radius 1 is 0.871 bits per heavy atom. The molecule has 0 fully saturated rings. The van der Waals surface area contributed by atoms with Gasteiger partial charge in [-0.15, -0.1) is 0 Å². The van der Waals surface area contributed by atoms with E-state index < -0.39 is 11.6 Å². The monoisotopic (exact) mass is 432 g/mol. The van der Waals surface area contributed by atoms with Gasteiger partial charge in [-0.25, -0.2) is 0 Å². The second kappa shape index (κ2) is 16.0. The van der Waals surface area contributed by atoms with Crippen molar-refractivity contribution in [2.24, 2.45) is 0 Å². The van der Waals surface area contributed by atoms with Crippen molar-refractivity contribution in [3.05, 3.63) is 35.9 Å². The molecule has 4 heteroatoms. The Balaban J connectivity index is 2.40. The van der Waals surface area contributed by atoms with E-state index in [-0.39, 0.29) is 24.7 Å². The number of benzene rings is 1. The quantitative estimate of drug-likeness (QED) is 0.149. The van der Waals surface area contributed by atoms with Crippen LogP contribution in [0.1, 0.15) is 110 Å². The SMILES string of the molecule is CCCCCCCCCCC[C@@H](CC(=O)CC(=O)OC(C)(C)C)OCc1ccccc1. The van der Waals surface area contributed by atoms with E-state index in [0.717, 1.165) is 18.4 Å². The molecule has 0 amide bonds. The summed E-state index contributed by atoms with van der Waals surface area (Å²) in [5.41, 5.74) is 0.524. The first-order valence-electron chi connectivity index (χ1n) is 12.2. The lowest BCUT2D eigenvalue weighted by Crippen LogP contribution is -2.26. The van der Waals surface area contributed by atoms with Crippen molar-refractivity contribution in [3.63, 3.8) is 0 Å². The molecule has 4 nitrogen and oxygen atoms in total. The molecule has 31 heavy (non-hydrogen) atoms. The molecule has 1 aromatic carbocycles. The van der Waals surface area contributed by atoms with E-state index in [2.05, 4.69) is 6.92 Å². The summed E-state index contributed by atoms with van der Waals surface area (Å²) in [5, 5.41) is 0. The first-order valence-corrected chi connectivity index (χ1v) is 12.2. The summed E-state index contributed by atoms with van der Waals surface area (Å²) < 4.78 is 11.4. The van der Waals surface area contributed by atoms with E-state index >= 15 is 0 Å². The van der Waals surface area contributed by atoms with Crippen LogP contribution in [0.5, 0.6) is 0 Å². The summed E-state index contributed by atoms with van der Waals surface area (Å²) in [7, 11) is 0. The van der Waals surface area contributed by atoms with Crippen LogP contribution in [-0.4, -0.2) is 23.5 Å². The molecule has 0 unspecified atom stereocenters. The fourth-order valence-corrected chi connectivity index (χ4v) is 3.58. The zero-order chi connectivity index (χ0) is 23.0. The van der Waals surface area contributed by atoms with E-state index in [0.29, 0.717) is 6.61 Å². The molecule has 0 saturated carbocycles. The smallest absolute Gasteiger partial charge is 0.313 e. The van der Waals surface area contributed by atoms with Crippen LogP contribution in [-0.2, 0) is 25.7 Å². The number of ether oxygens (including phenoxy) is 2. The summed E-state index contributed by atoms with van der Waals surface area (Å²) in [6, 6.07) is 10.0. The topological polar surface area (TPSA) is 52.6 Å². The third-order valence-electron chi connectivity index (χ3n) is 5.18. The van der Waals surface area contributed by atoms with Crippen LogP contribution < -0.4 is 0 Å². The van der Waals surface area contributed by atoms with Crippen molar-refractivity contribution < 1.29 is 19.1 Å². The van der Waals surface area contributed by atoms with E-state index in [1.165, 1.54) is 51.4 Å². The van der Waals surface area contributed by atoms with Gasteiger partial charge in [0.2, 0.25) is 0 Å². The molecule has 0 spiro atoms. The molecule has 0 N–H and O–H groups in total. The fourth-order valence-electron chi connectivity index (χ4n) is 3.58. The Morgan fingerprint density at radius 3 is 2.03 bits per heavy atom. The lowest BCUT2D eigenvalue weighted by molar-refractivity contribution is -0.156. The van der Waals surface area contributed by atoms with Crippen molar-refractivity contribution in [1.29, 1.82) is 0 Å². The number of rotatable bonds is 17. The van der Waals surface area contributed by atoms with Crippen LogP contribution >= 0.6 is 0 Å². The molecule has 0 aromatic heterocycles. The van der Waals surface area contributed by atoms with Gasteiger partial charge in [0, 0.05) is 6.42 Å². The Kier molecular flexibility index (Phi) is 14.1. The van der Waals surface area contributed by atoms with Crippen molar-refractivity contribution in [3.8, 4) is 0 Å². The zero-order valence-corrected chi connectivity index (χ0v) is 20.3. The van der Waals surface area contributed by atoms with E-state index in [1.54, 1.807) is 0 Å². The molecule has 0 aliphatic heterocycles. The van der Waals surface area contributed by atoms with Crippen molar-refractivity contribution in [1.82, 2.24) is 0 Å². The minimum Gasteiger partial charge on any atom is -0.460 e. The largest absolute Gasteiger partial charge is 0.460 e. The molecule has 0 saturated heterocycles. The van der Waals surface area contributed by atoms with Crippen LogP contribution in [0.4, 0.5) is 0 Å². The van der Waals surface area contributed by atoms with Crippen LogP contribution in [0, 0.1) is 0 Å². The van der Waals surface area contributed by atoms with E-state index in [4.69, 9.17) is 9.47 Å². The lowest BCUT2D eigenvalue weighted by Gasteiger charge is -2.20. The Bertz CT molecular complexity index is 603. The van der Waals surface area contributed by atoms with Gasteiger partial charge in [-0.3, -0.25) is 9.59 Å². The molecule has 176 valence electrons. The van der Waals surface area contributed by atoms with Crippen molar-refractivity contribution >= 4 is 11.8 Å². The molecule has 1 aromatic rings. The number of unbranched alkanes of at least 4 members (excludes halogenated alkanes) is 8. The normalized spacial score (nSPS) is 12.5. The predicted molar refractivity (Wildman–Crippen MR) is 127 cm³/mol. The van der Waals surface area contributed by atoms with Gasteiger partial charge in [0.15, 0.2) is 0 Å². The molecular formula is C27H44O4. The summed E-state index contributed by atoms with van der Waals surface area (Å²) in [5.74, 6) is -0.564. The summed E-state index contributed by atoms with van der Waals surface area (Å²) in [6.45, 7) is 8.16. The second-order valence-electron chi connectivity index (χ2n) is 9.54. The maximum Gasteiger partial charge on any atom is 0.313 e. The summed E-state index contributed by atoms with van der Waals surface area (Å²) in [4.78, 5) is 24.4. The summed E-state index contributed by atoms with van der Waals surface area (Å²) >= 11 is 0. The van der Waals surface area contributed by atoms with Gasteiger partial charge < -0.3 is 9.47 Å². The second-order valence-corrected chi connectivity index (χ2v) is 9.54. The Labute approximate surface area is 190 Å². The van der Waals surface area contributed by atoms with Gasteiger partial charge in [0.25, 0.3) is 0 Å². The maximum absolute atomic E-state index is 12.4. The Hall–Kier alpha value is -1.68. The Morgan fingerprint density at radius 2 is 1.45 bits per heavy atom. The van der Waals surface area contributed by atoms with Crippen molar-refractivity contribution in [2.45, 2.75) is 123 Å². The highest BCUT2D eigenvalue weighted by atomic mass is 16.6. The maximum atomic E-state index is 12.4. The highest BCUT2D eigenvalue weighted by Gasteiger charge is 2.21. The molecule has 0 aliphatic carbocycles. The minimum atomic E-state index is -0.572. The number of ketones is 1. The van der Waals surface area contributed by atoms with Crippen LogP contribution in [0.2, 0.25) is 0 Å². The van der Waals surface area contributed by atoms with Gasteiger partial charge in [-0.05, 0) is 32.8 Å². The highest BCUT2D eigenvalue weighted by Crippen LogP contribution is 2.17. The van der Waals surface area contributed by atoms with Crippen LogP contribution in [0.3, 0.4) is 0 Å². The number of hydrogen-bond acceptors (Lipinski definition) is 4. The average Bonchev–Trinajstić information content (AvgIpc) is 2.69. The average molecular weight is 433 g/mol. The fraction of sp³-hybridized carbons (Fsp3) is 0.704. The number of hydrogen-bond donors (Lipinski definition) is 0. The zero-order valence-electron chi connectivity index (χ0n) is 20.3. The number of Topliss-reactive ketones (excluding diaryl/α,β-unsaturated/α-hetero) is 1. The van der Waals surface area contributed by atoms with E-state index in [9.17, 15) is 9.59 Å². The van der Waals surface area contributed by atoms with Crippen molar-refractivity contribution in [2.75, 3.05) is 0 Å². The standard InChI is InChI=1S/C27H44O4/c1-5-6-7-8-9-10-11-12-16-19-25(30-22-23-17-14-13-15-18-23)20-24(28)21-26(29)31-27(2,3)4/h13-15,17-18,25H,5-12,16,19-22H2,1-4H3/t25-/m0/s1. The first-order chi connectivity index (χ1) is 14.8. The highest BCUT2D eigenvalue weighted by molar-refractivity contribution is 5.95. The van der Waals surface area contributed by atoms with Crippen LogP contribution in [0.15, 0.2) is 30.3 Å². The van der Waals surface area contributed by atoms with Gasteiger partial charge in [0.05, 0.1) is 12.7 Å². The number of esters is 1. The van der Waals surface area contributed by atoms with Gasteiger partial charge in [-0.1, -0.05) is 95.0 Å². The summed E-state index contributed by atoms with van der Waals surface area (Å²) in [6.07, 6.45) is 12.2. The third kappa shape index (κ3) is 15.7.